The summed E-state index contributed by atoms with van der Waals surface area (Å²) in [6, 6.07) is 15.0. The minimum Gasteiger partial charge on any atom is -0.508 e. The summed E-state index contributed by atoms with van der Waals surface area (Å²) in [6.07, 6.45) is 2.00. The zero-order valence-corrected chi connectivity index (χ0v) is 21.9. The molecular formula is C30H30F3N5O2. The van der Waals surface area contributed by atoms with Crippen LogP contribution < -0.4 is 15.0 Å². The Bertz CT molecular complexity index is 1590. The number of nitrogens with zero attached hydrogens (tertiary/aromatic N) is 4. The van der Waals surface area contributed by atoms with E-state index in [1.807, 2.05) is 30.3 Å². The number of piperazine rings is 1. The summed E-state index contributed by atoms with van der Waals surface area (Å²) in [5, 5.41) is 16.2. The quantitative estimate of drug-likeness (QED) is 0.353. The summed E-state index contributed by atoms with van der Waals surface area (Å²) in [5.74, 6) is -2.55. The molecule has 3 fully saturated rings. The molecule has 0 saturated carbocycles. The van der Waals surface area contributed by atoms with E-state index in [4.69, 9.17) is 9.72 Å². The lowest BCUT2D eigenvalue weighted by Gasteiger charge is -2.34. The van der Waals surface area contributed by atoms with Gasteiger partial charge in [-0.3, -0.25) is 4.90 Å². The van der Waals surface area contributed by atoms with Gasteiger partial charge in [0, 0.05) is 55.6 Å². The zero-order chi connectivity index (χ0) is 27.4. The van der Waals surface area contributed by atoms with E-state index >= 15 is 4.39 Å². The van der Waals surface area contributed by atoms with Gasteiger partial charge in [-0.1, -0.05) is 30.3 Å². The van der Waals surface area contributed by atoms with Gasteiger partial charge in [0.2, 0.25) is 0 Å². The Hall–Kier alpha value is -3.63. The van der Waals surface area contributed by atoms with Crippen molar-refractivity contribution >= 4 is 27.5 Å². The summed E-state index contributed by atoms with van der Waals surface area (Å²) in [7, 11) is 0. The van der Waals surface area contributed by atoms with Crippen molar-refractivity contribution in [2.45, 2.75) is 37.3 Å². The predicted molar refractivity (Wildman–Crippen MR) is 148 cm³/mol. The second-order valence-electron chi connectivity index (χ2n) is 11.1. The second kappa shape index (κ2) is 9.78. The molecule has 7 nitrogen and oxygen atoms in total. The highest BCUT2D eigenvalue weighted by molar-refractivity contribution is 6.01. The molecule has 1 aromatic heterocycles. The largest absolute Gasteiger partial charge is 0.508 e. The zero-order valence-electron chi connectivity index (χ0n) is 21.9. The highest BCUT2D eigenvalue weighted by Crippen LogP contribution is 2.39. The van der Waals surface area contributed by atoms with Crippen LogP contribution in [0.5, 0.6) is 11.8 Å². The van der Waals surface area contributed by atoms with Crippen molar-refractivity contribution in [1.29, 1.82) is 0 Å². The molecular weight excluding hydrogens is 519 g/mol. The number of rotatable bonds is 6. The lowest BCUT2D eigenvalue weighted by atomic mass is 9.96. The number of nitrogens with one attached hydrogen (secondary N) is 1. The molecule has 3 aliphatic rings. The fraction of sp³-hybridized carbons (Fsp3) is 0.400. The molecule has 10 heteroatoms. The molecule has 2 atom stereocenters. The SMILES string of the molecule is Oc1cc(-c2ccc3c(N4CC5CCC(C4)N5)nc(OCCN4CCC(F)(F)C4)nc3c2F)c2ccccc2c1. The maximum atomic E-state index is 16.4. The molecule has 2 N–H and O–H groups in total. The molecule has 7 rings (SSSR count). The summed E-state index contributed by atoms with van der Waals surface area (Å²) in [6.45, 7) is 1.92. The average molecular weight is 550 g/mol. The van der Waals surface area contributed by atoms with Crippen LogP contribution in [0.15, 0.2) is 48.5 Å². The Morgan fingerprint density at radius 2 is 1.80 bits per heavy atom. The van der Waals surface area contributed by atoms with E-state index in [1.165, 1.54) is 0 Å². The van der Waals surface area contributed by atoms with Crippen LogP contribution in [0.25, 0.3) is 32.8 Å². The summed E-state index contributed by atoms with van der Waals surface area (Å²) in [4.78, 5) is 13.0. The number of alkyl halides is 2. The van der Waals surface area contributed by atoms with Gasteiger partial charge >= 0.3 is 6.01 Å². The maximum absolute atomic E-state index is 16.4. The van der Waals surface area contributed by atoms with Crippen LogP contribution in [0.3, 0.4) is 0 Å². The topological polar surface area (TPSA) is 73.8 Å². The van der Waals surface area contributed by atoms with Crippen molar-refractivity contribution in [3.05, 3.63) is 54.3 Å². The van der Waals surface area contributed by atoms with Crippen LogP contribution in [0.4, 0.5) is 19.0 Å². The molecule has 0 aliphatic carbocycles. The number of anilines is 1. The van der Waals surface area contributed by atoms with Gasteiger partial charge in [0.1, 0.15) is 23.7 Å². The third kappa shape index (κ3) is 4.69. The molecule has 0 spiro atoms. The van der Waals surface area contributed by atoms with Gasteiger partial charge in [0.05, 0.1) is 6.54 Å². The summed E-state index contributed by atoms with van der Waals surface area (Å²) < 4.78 is 49.5. The van der Waals surface area contributed by atoms with Crippen molar-refractivity contribution in [2.75, 3.05) is 44.2 Å². The second-order valence-corrected chi connectivity index (χ2v) is 11.1. The van der Waals surface area contributed by atoms with Gasteiger partial charge in [0.15, 0.2) is 5.82 Å². The molecule has 3 saturated heterocycles. The molecule has 208 valence electrons. The average Bonchev–Trinajstić information content (AvgIpc) is 3.47. The van der Waals surface area contributed by atoms with Crippen molar-refractivity contribution in [2.24, 2.45) is 0 Å². The van der Waals surface area contributed by atoms with E-state index in [-0.39, 0.29) is 36.8 Å². The molecule has 2 bridgehead atoms. The number of phenolic OH excluding ortho intramolecular Hbond substituents is 1. The number of hydrogen-bond acceptors (Lipinski definition) is 7. The van der Waals surface area contributed by atoms with Crippen LogP contribution in [-0.2, 0) is 0 Å². The van der Waals surface area contributed by atoms with E-state index in [9.17, 15) is 13.9 Å². The maximum Gasteiger partial charge on any atom is 0.319 e. The van der Waals surface area contributed by atoms with Gasteiger partial charge in [-0.2, -0.15) is 9.97 Å². The van der Waals surface area contributed by atoms with E-state index in [2.05, 4.69) is 15.2 Å². The number of hydrogen-bond donors (Lipinski definition) is 2. The highest BCUT2D eigenvalue weighted by Gasteiger charge is 2.38. The predicted octanol–water partition coefficient (Wildman–Crippen LogP) is 4.96. The van der Waals surface area contributed by atoms with E-state index in [0.29, 0.717) is 47.5 Å². The minimum absolute atomic E-state index is 0.0242. The van der Waals surface area contributed by atoms with Crippen LogP contribution in [0, 0.1) is 5.82 Å². The third-order valence-electron chi connectivity index (χ3n) is 8.31. The van der Waals surface area contributed by atoms with Crippen LogP contribution in [-0.4, -0.2) is 77.3 Å². The molecule has 0 radical (unpaired) electrons. The Labute approximate surface area is 229 Å². The fourth-order valence-corrected chi connectivity index (χ4v) is 6.39. The van der Waals surface area contributed by atoms with E-state index in [0.717, 1.165) is 36.7 Å². The molecule has 3 aromatic carbocycles. The van der Waals surface area contributed by atoms with Gasteiger partial charge in [-0.05, 0) is 47.4 Å². The first-order valence-corrected chi connectivity index (χ1v) is 13.8. The van der Waals surface area contributed by atoms with Crippen LogP contribution in [0.2, 0.25) is 0 Å². The number of aromatic hydroxyl groups is 1. The first-order valence-electron chi connectivity index (χ1n) is 13.8. The normalized spacial score (nSPS) is 22.4. The molecule has 40 heavy (non-hydrogen) atoms. The number of phenols is 1. The Morgan fingerprint density at radius 1 is 1.00 bits per heavy atom. The van der Waals surface area contributed by atoms with Gasteiger partial charge in [-0.25, -0.2) is 13.2 Å². The van der Waals surface area contributed by atoms with Gasteiger partial charge in [-0.15, -0.1) is 0 Å². The number of fused-ring (bicyclic) bond motifs is 4. The number of benzene rings is 3. The smallest absolute Gasteiger partial charge is 0.319 e. The highest BCUT2D eigenvalue weighted by atomic mass is 19.3. The first kappa shape index (κ1) is 25.3. The Kier molecular flexibility index (Phi) is 6.20. The van der Waals surface area contributed by atoms with Crippen molar-refractivity contribution < 1.29 is 23.0 Å². The molecule has 2 unspecified atom stereocenters. The first-order chi connectivity index (χ1) is 19.3. The monoisotopic (exact) mass is 549 g/mol. The standard InChI is InChI=1S/C30H30F3N5O2/c31-26-23(25-14-21(39)13-18-3-1-2-4-22(18)25)7-8-24-27(26)35-29(40-12-11-37-10-9-30(32,33)17-37)36-28(24)38-15-19-5-6-20(16-38)34-19/h1-4,7-8,13-14,19-20,34,39H,5-6,9-12,15-17H2. The van der Waals surface area contributed by atoms with E-state index in [1.54, 1.807) is 23.1 Å². The molecule has 4 aromatic rings. The lowest BCUT2D eigenvalue weighted by molar-refractivity contribution is 0.0112. The van der Waals surface area contributed by atoms with Gasteiger partial charge in [0.25, 0.3) is 5.92 Å². The number of aromatic nitrogens is 2. The van der Waals surface area contributed by atoms with Crippen molar-refractivity contribution in [3.8, 4) is 22.9 Å². The fourth-order valence-electron chi connectivity index (χ4n) is 6.39. The summed E-state index contributed by atoms with van der Waals surface area (Å²) >= 11 is 0. The third-order valence-corrected chi connectivity index (χ3v) is 8.31. The van der Waals surface area contributed by atoms with E-state index < -0.39 is 11.7 Å². The molecule has 3 aliphatic heterocycles. The number of likely N-dealkylation sites (tertiary alicyclic amines) is 1. The van der Waals surface area contributed by atoms with Crippen LogP contribution in [0.1, 0.15) is 19.3 Å². The number of ether oxygens (including phenoxy) is 1. The van der Waals surface area contributed by atoms with Crippen molar-refractivity contribution in [1.82, 2.24) is 20.2 Å². The van der Waals surface area contributed by atoms with Gasteiger partial charge < -0.3 is 20.1 Å². The molecule has 0 amide bonds. The molecule has 4 heterocycles. The minimum atomic E-state index is -2.68. The number of halogens is 3. The summed E-state index contributed by atoms with van der Waals surface area (Å²) in [5.41, 5.74) is 1.01. The van der Waals surface area contributed by atoms with Crippen molar-refractivity contribution in [3.63, 3.8) is 0 Å². The van der Waals surface area contributed by atoms with Crippen LogP contribution >= 0.6 is 0 Å². The lowest BCUT2D eigenvalue weighted by Crippen LogP contribution is -2.51. The Balaban J connectivity index is 1.29. The Morgan fingerprint density at radius 3 is 2.58 bits per heavy atom.